The number of halogens is 1. The van der Waals surface area contributed by atoms with Crippen molar-refractivity contribution >= 4 is 22.6 Å². The molecule has 0 radical (unpaired) electrons. The summed E-state index contributed by atoms with van der Waals surface area (Å²) in [5.41, 5.74) is 1.96. The third kappa shape index (κ3) is 1.55. The predicted molar refractivity (Wildman–Crippen MR) is 57.0 cm³/mol. The van der Waals surface area contributed by atoms with Gasteiger partial charge in [-0.1, -0.05) is 0 Å². The molecule has 0 fully saturated rings. The van der Waals surface area contributed by atoms with Crippen molar-refractivity contribution in [2.24, 2.45) is 7.05 Å². The molecule has 0 saturated heterocycles. The van der Waals surface area contributed by atoms with E-state index in [1.54, 1.807) is 12.5 Å². The fourth-order valence-electron chi connectivity index (χ4n) is 1.04. The van der Waals surface area contributed by atoms with E-state index in [2.05, 4.69) is 37.7 Å². The van der Waals surface area contributed by atoms with Gasteiger partial charge in [0.25, 0.3) is 0 Å². The van der Waals surface area contributed by atoms with E-state index < -0.39 is 0 Å². The van der Waals surface area contributed by atoms with Crippen molar-refractivity contribution in [1.82, 2.24) is 19.7 Å². The van der Waals surface area contributed by atoms with Crippen LogP contribution in [0.15, 0.2) is 24.8 Å². The van der Waals surface area contributed by atoms with Gasteiger partial charge in [0.1, 0.15) is 10.0 Å². The Labute approximate surface area is 89.2 Å². The molecule has 2 rings (SSSR count). The fourth-order valence-corrected chi connectivity index (χ4v) is 1.58. The summed E-state index contributed by atoms with van der Waals surface area (Å²) in [6, 6.07) is 1.87. The van der Waals surface area contributed by atoms with Gasteiger partial charge in [-0.05, 0) is 28.7 Å². The molecule has 2 aromatic heterocycles. The van der Waals surface area contributed by atoms with E-state index in [4.69, 9.17) is 0 Å². The lowest BCUT2D eigenvalue weighted by atomic mass is 10.2. The van der Waals surface area contributed by atoms with Crippen molar-refractivity contribution in [2.75, 3.05) is 0 Å². The van der Waals surface area contributed by atoms with Crippen molar-refractivity contribution in [3.63, 3.8) is 0 Å². The smallest absolute Gasteiger partial charge is 0.116 e. The first-order chi connectivity index (χ1) is 6.29. The molecular weight excluding hydrogens is 279 g/mol. The Balaban J connectivity index is 2.53. The van der Waals surface area contributed by atoms with Crippen molar-refractivity contribution in [3.05, 3.63) is 28.5 Å². The molecule has 0 spiro atoms. The van der Waals surface area contributed by atoms with Gasteiger partial charge < -0.3 is 0 Å². The minimum absolute atomic E-state index is 0.910. The van der Waals surface area contributed by atoms with E-state index in [-0.39, 0.29) is 0 Å². The predicted octanol–water partition coefficient (Wildman–Crippen LogP) is 1.48. The Bertz CT molecular complexity index is 409. The molecule has 0 amide bonds. The van der Waals surface area contributed by atoms with Crippen LogP contribution in [0.1, 0.15) is 0 Å². The standard InChI is InChI=1S/C8H7IN4/c1-13-8(9)6(4-12-13)7-2-3-10-5-11-7/h2-5H,1H3. The second kappa shape index (κ2) is 3.41. The molecule has 13 heavy (non-hydrogen) atoms. The molecule has 2 heterocycles. The van der Waals surface area contributed by atoms with Crippen LogP contribution in [-0.2, 0) is 7.05 Å². The highest BCUT2D eigenvalue weighted by atomic mass is 127. The molecule has 0 aliphatic rings. The first kappa shape index (κ1) is 8.61. The molecule has 0 saturated carbocycles. The van der Waals surface area contributed by atoms with Crippen LogP contribution in [-0.4, -0.2) is 19.7 Å². The molecule has 0 bridgehead atoms. The Kier molecular flexibility index (Phi) is 2.26. The average molecular weight is 286 g/mol. The number of nitrogens with zero attached hydrogens (tertiary/aromatic N) is 4. The summed E-state index contributed by atoms with van der Waals surface area (Å²) in [4.78, 5) is 8.02. The van der Waals surface area contributed by atoms with Crippen LogP contribution in [0.4, 0.5) is 0 Å². The minimum atomic E-state index is 0.910. The SMILES string of the molecule is Cn1ncc(-c2ccncn2)c1I. The van der Waals surface area contributed by atoms with Crippen LogP contribution in [0, 0.1) is 3.70 Å². The van der Waals surface area contributed by atoms with Gasteiger partial charge in [-0.25, -0.2) is 9.97 Å². The third-order valence-electron chi connectivity index (χ3n) is 1.72. The summed E-state index contributed by atoms with van der Waals surface area (Å²) in [5, 5.41) is 4.14. The maximum atomic E-state index is 4.15. The number of rotatable bonds is 1. The lowest BCUT2D eigenvalue weighted by Crippen LogP contribution is -1.93. The molecule has 2 aromatic rings. The molecule has 0 aliphatic heterocycles. The van der Waals surface area contributed by atoms with Gasteiger partial charge in [0.05, 0.1) is 17.5 Å². The normalized spacial score (nSPS) is 10.3. The van der Waals surface area contributed by atoms with E-state index in [9.17, 15) is 0 Å². The molecule has 0 N–H and O–H groups in total. The number of hydrogen-bond donors (Lipinski definition) is 0. The summed E-state index contributed by atoms with van der Waals surface area (Å²) in [7, 11) is 1.91. The van der Waals surface area contributed by atoms with Crippen LogP contribution in [0.3, 0.4) is 0 Å². The Morgan fingerprint density at radius 3 is 2.85 bits per heavy atom. The zero-order chi connectivity index (χ0) is 9.26. The fraction of sp³-hybridized carbons (Fsp3) is 0.125. The van der Waals surface area contributed by atoms with Crippen LogP contribution >= 0.6 is 22.6 Å². The van der Waals surface area contributed by atoms with Gasteiger partial charge in [0.2, 0.25) is 0 Å². The maximum absolute atomic E-state index is 4.15. The first-order valence-corrected chi connectivity index (χ1v) is 4.81. The molecule has 5 heteroatoms. The van der Waals surface area contributed by atoms with E-state index in [1.165, 1.54) is 0 Å². The van der Waals surface area contributed by atoms with Gasteiger partial charge in [-0.2, -0.15) is 5.10 Å². The molecular formula is C8H7IN4. The molecule has 4 nitrogen and oxygen atoms in total. The highest BCUT2D eigenvalue weighted by molar-refractivity contribution is 14.1. The Morgan fingerprint density at radius 2 is 2.31 bits per heavy atom. The number of aromatic nitrogens is 4. The second-order valence-corrected chi connectivity index (χ2v) is 3.59. The van der Waals surface area contributed by atoms with Crippen molar-refractivity contribution in [1.29, 1.82) is 0 Å². The molecule has 0 atom stereocenters. The second-order valence-electron chi connectivity index (χ2n) is 2.57. The van der Waals surface area contributed by atoms with Gasteiger partial charge >= 0.3 is 0 Å². The largest absolute Gasteiger partial charge is 0.262 e. The van der Waals surface area contributed by atoms with Gasteiger partial charge in [0.15, 0.2) is 0 Å². The van der Waals surface area contributed by atoms with E-state index in [0.717, 1.165) is 15.0 Å². The lowest BCUT2D eigenvalue weighted by Gasteiger charge is -1.96. The summed E-state index contributed by atoms with van der Waals surface area (Å²) in [6.45, 7) is 0. The molecule has 66 valence electrons. The zero-order valence-corrected chi connectivity index (χ0v) is 9.13. The number of hydrogen-bond acceptors (Lipinski definition) is 3. The van der Waals surface area contributed by atoms with Crippen LogP contribution in [0.25, 0.3) is 11.3 Å². The quantitative estimate of drug-likeness (QED) is 0.746. The van der Waals surface area contributed by atoms with E-state index in [1.807, 2.05) is 24.0 Å². The van der Waals surface area contributed by atoms with Crippen molar-refractivity contribution in [2.45, 2.75) is 0 Å². The lowest BCUT2D eigenvalue weighted by molar-refractivity contribution is 0.748. The van der Waals surface area contributed by atoms with Crippen molar-refractivity contribution < 1.29 is 0 Å². The van der Waals surface area contributed by atoms with E-state index >= 15 is 0 Å². The van der Waals surface area contributed by atoms with Gasteiger partial charge in [-0.3, -0.25) is 4.68 Å². The first-order valence-electron chi connectivity index (χ1n) is 3.73. The van der Waals surface area contributed by atoms with Crippen LogP contribution in [0.5, 0.6) is 0 Å². The van der Waals surface area contributed by atoms with Gasteiger partial charge in [0, 0.05) is 13.2 Å². The summed E-state index contributed by atoms with van der Waals surface area (Å²) in [5.74, 6) is 0. The van der Waals surface area contributed by atoms with Crippen LogP contribution < -0.4 is 0 Å². The average Bonchev–Trinajstić information content (AvgIpc) is 2.49. The Morgan fingerprint density at radius 1 is 1.46 bits per heavy atom. The topological polar surface area (TPSA) is 43.6 Å². The highest BCUT2D eigenvalue weighted by Gasteiger charge is 2.07. The zero-order valence-electron chi connectivity index (χ0n) is 6.98. The number of aryl methyl sites for hydroxylation is 1. The summed E-state index contributed by atoms with van der Waals surface area (Å²) < 4.78 is 2.90. The van der Waals surface area contributed by atoms with Crippen molar-refractivity contribution in [3.8, 4) is 11.3 Å². The molecule has 0 unspecified atom stereocenters. The third-order valence-corrected chi connectivity index (χ3v) is 3.00. The summed E-state index contributed by atoms with van der Waals surface area (Å²) in [6.07, 6.45) is 5.08. The van der Waals surface area contributed by atoms with Crippen LogP contribution in [0.2, 0.25) is 0 Å². The summed E-state index contributed by atoms with van der Waals surface area (Å²) >= 11 is 2.24. The van der Waals surface area contributed by atoms with Gasteiger partial charge in [-0.15, -0.1) is 0 Å². The molecule has 0 aliphatic carbocycles. The monoisotopic (exact) mass is 286 g/mol. The molecule has 0 aromatic carbocycles. The highest BCUT2D eigenvalue weighted by Crippen LogP contribution is 2.21. The maximum Gasteiger partial charge on any atom is 0.116 e. The van der Waals surface area contributed by atoms with E-state index in [0.29, 0.717) is 0 Å². The Hall–Kier alpha value is -0.980. The minimum Gasteiger partial charge on any atom is -0.262 e.